The van der Waals surface area contributed by atoms with Crippen molar-refractivity contribution < 1.29 is 22.7 Å². The van der Waals surface area contributed by atoms with Gasteiger partial charge in [0.15, 0.2) is 0 Å². The van der Waals surface area contributed by atoms with E-state index >= 15 is 0 Å². The standard InChI is InChI=1S/C26H36BrN3O5S/c1-6-35-24-14-8-7-13-23(24)30(36(5,33)34)16-10-15-25(31)29(20(4)26(32)28-19(2)3)18-21-11-9-12-22(27)17-21/h7-9,11-14,17,19-20H,6,10,15-16,18H2,1-5H3,(H,28,32)/t20-/m0/s1. The lowest BCUT2D eigenvalue weighted by Crippen LogP contribution is -2.49. The van der Waals surface area contributed by atoms with E-state index in [4.69, 9.17) is 4.74 Å². The lowest BCUT2D eigenvalue weighted by Gasteiger charge is -2.30. The third-order valence-corrected chi connectivity index (χ3v) is 7.10. The van der Waals surface area contributed by atoms with Crippen LogP contribution in [0.5, 0.6) is 5.75 Å². The molecule has 0 heterocycles. The Morgan fingerprint density at radius 1 is 1.08 bits per heavy atom. The molecule has 0 aliphatic rings. The molecule has 8 nitrogen and oxygen atoms in total. The summed E-state index contributed by atoms with van der Waals surface area (Å²) in [4.78, 5) is 27.6. The van der Waals surface area contributed by atoms with Crippen molar-refractivity contribution in [3.8, 4) is 5.75 Å². The second-order valence-electron chi connectivity index (χ2n) is 8.83. The minimum Gasteiger partial charge on any atom is -0.492 e. The lowest BCUT2D eigenvalue weighted by atomic mass is 10.1. The molecule has 2 aromatic rings. The molecule has 198 valence electrons. The highest BCUT2D eigenvalue weighted by Gasteiger charge is 2.27. The van der Waals surface area contributed by atoms with Gasteiger partial charge >= 0.3 is 0 Å². The number of carbonyl (C=O) groups is 2. The minimum absolute atomic E-state index is 0.0588. The average Bonchev–Trinajstić information content (AvgIpc) is 2.79. The van der Waals surface area contributed by atoms with Crippen molar-refractivity contribution in [2.45, 2.75) is 59.2 Å². The number of rotatable bonds is 13. The number of anilines is 1. The van der Waals surface area contributed by atoms with Gasteiger partial charge in [0.25, 0.3) is 0 Å². The van der Waals surface area contributed by atoms with Gasteiger partial charge < -0.3 is 15.0 Å². The molecule has 0 unspecified atom stereocenters. The zero-order valence-electron chi connectivity index (χ0n) is 21.5. The molecule has 1 N–H and O–H groups in total. The molecule has 36 heavy (non-hydrogen) atoms. The van der Waals surface area contributed by atoms with E-state index in [1.807, 2.05) is 45.0 Å². The predicted molar refractivity (Wildman–Crippen MR) is 146 cm³/mol. The van der Waals surface area contributed by atoms with Gasteiger partial charge in [-0.15, -0.1) is 0 Å². The van der Waals surface area contributed by atoms with Gasteiger partial charge in [0, 0.05) is 30.0 Å². The first-order chi connectivity index (χ1) is 16.9. The molecule has 0 aromatic heterocycles. The monoisotopic (exact) mass is 581 g/mol. The number of hydrogen-bond acceptors (Lipinski definition) is 5. The fourth-order valence-corrected chi connectivity index (χ4v) is 5.16. The number of nitrogens with one attached hydrogen (secondary N) is 1. The van der Waals surface area contributed by atoms with Gasteiger partial charge in [-0.1, -0.05) is 40.2 Å². The Morgan fingerprint density at radius 3 is 2.39 bits per heavy atom. The van der Waals surface area contributed by atoms with E-state index in [-0.39, 0.29) is 43.8 Å². The summed E-state index contributed by atoms with van der Waals surface area (Å²) in [5, 5.41) is 2.87. The molecule has 0 saturated heterocycles. The van der Waals surface area contributed by atoms with E-state index in [0.717, 1.165) is 16.3 Å². The molecule has 1 atom stereocenters. The summed E-state index contributed by atoms with van der Waals surface area (Å²) in [7, 11) is -3.61. The summed E-state index contributed by atoms with van der Waals surface area (Å²) in [5.41, 5.74) is 1.32. The third kappa shape index (κ3) is 8.81. The third-order valence-electron chi connectivity index (χ3n) is 5.43. The number of hydrogen-bond donors (Lipinski definition) is 1. The van der Waals surface area contributed by atoms with Crippen LogP contribution >= 0.6 is 15.9 Å². The first-order valence-electron chi connectivity index (χ1n) is 12.0. The molecule has 0 aliphatic heterocycles. The average molecular weight is 583 g/mol. The highest BCUT2D eigenvalue weighted by Crippen LogP contribution is 2.30. The van der Waals surface area contributed by atoms with Crippen molar-refractivity contribution in [2.24, 2.45) is 0 Å². The van der Waals surface area contributed by atoms with Crippen LogP contribution in [0.3, 0.4) is 0 Å². The molecule has 2 aromatic carbocycles. The predicted octanol–water partition coefficient (Wildman–Crippen LogP) is 4.34. The van der Waals surface area contributed by atoms with E-state index in [1.165, 1.54) is 4.31 Å². The molecule has 0 radical (unpaired) electrons. The molecule has 10 heteroatoms. The van der Waals surface area contributed by atoms with E-state index in [1.54, 1.807) is 36.1 Å². The van der Waals surface area contributed by atoms with Crippen molar-refractivity contribution in [1.82, 2.24) is 10.2 Å². The minimum atomic E-state index is -3.61. The molecule has 0 saturated carbocycles. The Bertz CT molecular complexity index is 1140. The highest BCUT2D eigenvalue weighted by atomic mass is 79.9. The van der Waals surface area contributed by atoms with Crippen molar-refractivity contribution in [3.05, 3.63) is 58.6 Å². The van der Waals surface area contributed by atoms with Gasteiger partial charge in [0.05, 0.1) is 18.6 Å². The van der Waals surface area contributed by atoms with Gasteiger partial charge in [0.2, 0.25) is 21.8 Å². The summed E-state index contributed by atoms with van der Waals surface area (Å²) < 4.78 is 32.9. The number of ether oxygens (including phenoxy) is 1. The normalized spacial score (nSPS) is 12.2. The van der Waals surface area contributed by atoms with Crippen LogP contribution in [0.2, 0.25) is 0 Å². The Hall–Kier alpha value is -2.59. The molecule has 0 spiro atoms. The molecule has 2 amide bonds. The molecule has 0 fully saturated rings. The van der Waals surface area contributed by atoms with Crippen LogP contribution in [0.1, 0.15) is 46.1 Å². The Labute approximate surface area is 223 Å². The number of para-hydroxylation sites is 2. The number of carbonyl (C=O) groups excluding carboxylic acids is 2. The first-order valence-corrected chi connectivity index (χ1v) is 14.6. The van der Waals surface area contributed by atoms with Gasteiger partial charge in [-0.25, -0.2) is 8.42 Å². The quantitative estimate of drug-likeness (QED) is 0.379. The smallest absolute Gasteiger partial charge is 0.242 e. The second-order valence-corrected chi connectivity index (χ2v) is 11.7. The molecular formula is C26H36BrN3O5S. The Balaban J connectivity index is 2.21. The van der Waals surface area contributed by atoms with Crippen LogP contribution in [0.4, 0.5) is 5.69 Å². The van der Waals surface area contributed by atoms with Crippen molar-refractivity contribution in [3.63, 3.8) is 0 Å². The van der Waals surface area contributed by atoms with Gasteiger partial charge in [-0.2, -0.15) is 0 Å². The van der Waals surface area contributed by atoms with Crippen LogP contribution in [0, 0.1) is 0 Å². The van der Waals surface area contributed by atoms with Crippen molar-refractivity contribution in [1.29, 1.82) is 0 Å². The number of amides is 2. The van der Waals surface area contributed by atoms with Crippen LogP contribution in [0.25, 0.3) is 0 Å². The highest BCUT2D eigenvalue weighted by molar-refractivity contribution is 9.10. The fourth-order valence-electron chi connectivity index (χ4n) is 3.74. The topological polar surface area (TPSA) is 96.0 Å². The summed E-state index contributed by atoms with van der Waals surface area (Å²) in [6.45, 7) is 8.02. The maximum atomic E-state index is 13.3. The zero-order valence-corrected chi connectivity index (χ0v) is 23.9. The zero-order chi connectivity index (χ0) is 26.9. The number of halogens is 1. The summed E-state index contributed by atoms with van der Waals surface area (Å²) in [5.74, 6) is -0.00307. The SMILES string of the molecule is CCOc1ccccc1N(CCCC(=O)N(Cc1cccc(Br)c1)[C@@H](C)C(=O)NC(C)C)S(C)(=O)=O. The van der Waals surface area contributed by atoms with Crippen LogP contribution in [0.15, 0.2) is 53.0 Å². The summed E-state index contributed by atoms with van der Waals surface area (Å²) >= 11 is 3.45. The van der Waals surface area contributed by atoms with Crippen LogP contribution in [-0.4, -0.2) is 56.6 Å². The van der Waals surface area contributed by atoms with Gasteiger partial charge in [0.1, 0.15) is 11.8 Å². The van der Waals surface area contributed by atoms with E-state index in [9.17, 15) is 18.0 Å². The maximum Gasteiger partial charge on any atom is 0.242 e. The van der Waals surface area contributed by atoms with Gasteiger partial charge in [-0.3, -0.25) is 13.9 Å². The summed E-state index contributed by atoms with van der Waals surface area (Å²) in [6, 6.07) is 13.8. The molecular weight excluding hydrogens is 546 g/mol. The molecule has 0 bridgehead atoms. The number of sulfonamides is 1. The van der Waals surface area contributed by atoms with Crippen molar-refractivity contribution in [2.75, 3.05) is 23.7 Å². The first kappa shape index (κ1) is 29.6. The fraction of sp³-hybridized carbons (Fsp3) is 0.462. The van der Waals surface area contributed by atoms with Gasteiger partial charge in [-0.05, 0) is 63.9 Å². The number of benzene rings is 2. The van der Waals surface area contributed by atoms with Crippen LogP contribution in [-0.2, 0) is 26.2 Å². The maximum absolute atomic E-state index is 13.3. The second kappa shape index (κ2) is 13.6. The molecule has 0 aliphatic carbocycles. The lowest BCUT2D eigenvalue weighted by molar-refractivity contribution is -0.140. The Morgan fingerprint density at radius 2 is 1.78 bits per heavy atom. The molecule has 2 rings (SSSR count). The van der Waals surface area contributed by atoms with E-state index < -0.39 is 16.1 Å². The largest absolute Gasteiger partial charge is 0.492 e. The number of nitrogens with zero attached hydrogens (tertiary/aromatic N) is 2. The van der Waals surface area contributed by atoms with Crippen molar-refractivity contribution >= 4 is 43.5 Å². The Kier molecular flexibility index (Phi) is 11.2. The van der Waals surface area contributed by atoms with Crippen LogP contribution < -0.4 is 14.4 Å². The summed E-state index contributed by atoms with van der Waals surface area (Å²) in [6.07, 6.45) is 1.49. The van der Waals surface area contributed by atoms with E-state index in [0.29, 0.717) is 18.0 Å². The van der Waals surface area contributed by atoms with E-state index in [2.05, 4.69) is 21.2 Å².